The SMILES string of the molecule is CS(=O)(=O)c1ccc(-c2cc(F)c(O)c(F)c2)cc1. The maximum Gasteiger partial charge on any atom is 0.187 e. The molecule has 0 unspecified atom stereocenters. The van der Waals surface area contributed by atoms with E-state index in [4.69, 9.17) is 5.11 Å². The standard InChI is InChI=1S/C13H10F2O3S/c1-19(17,18)10-4-2-8(3-5-10)9-6-11(14)13(16)12(15)7-9/h2-7,16H,1H3. The second kappa shape index (κ2) is 4.62. The lowest BCUT2D eigenvalue weighted by Gasteiger charge is -2.05. The molecule has 2 aromatic carbocycles. The van der Waals surface area contributed by atoms with Gasteiger partial charge in [-0.05, 0) is 35.4 Å². The number of hydrogen-bond acceptors (Lipinski definition) is 3. The number of benzene rings is 2. The average molecular weight is 284 g/mol. The molecule has 0 amide bonds. The number of phenols is 1. The van der Waals surface area contributed by atoms with Crippen molar-refractivity contribution in [2.24, 2.45) is 0 Å². The molecule has 0 radical (unpaired) electrons. The molecule has 0 aliphatic carbocycles. The van der Waals surface area contributed by atoms with E-state index in [0.29, 0.717) is 5.56 Å². The molecule has 0 aliphatic heterocycles. The molecule has 3 nitrogen and oxygen atoms in total. The second-order valence-corrected chi connectivity index (χ2v) is 6.10. The summed E-state index contributed by atoms with van der Waals surface area (Å²) in [6.07, 6.45) is 1.07. The number of sulfone groups is 1. The third-order valence-corrected chi connectivity index (χ3v) is 3.76. The van der Waals surface area contributed by atoms with Crippen molar-refractivity contribution < 1.29 is 22.3 Å². The van der Waals surface area contributed by atoms with E-state index in [0.717, 1.165) is 18.4 Å². The number of aromatic hydroxyl groups is 1. The zero-order valence-electron chi connectivity index (χ0n) is 9.89. The Morgan fingerprint density at radius 1 is 0.947 bits per heavy atom. The first-order chi connectivity index (χ1) is 8.79. The Morgan fingerprint density at radius 3 is 1.84 bits per heavy atom. The lowest BCUT2D eigenvalue weighted by Crippen LogP contribution is -1.96. The van der Waals surface area contributed by atoms with Crippen molar-refractivity contribution in [1.82, 2.24) is 0 Å². The number of rotatable bonds is 2. The minimum Gasteiger partial charge on any atom is -0.503 e. The summed E-state index contributed by atoms with van der Waals surface area (Å²) in [5, 5.41) is 9.00. The highest BCUT2D eigenvalue weighted by molar-refractivity contribution is 7.90. The Bertz CT molecular complexity index is 699. The van der Waals surface area contributed by atoms with Crippen LogP contribution in [0, 0.1) is 11.6 Å². The van der Waals surface area contributed by atoms with E-state index < -0.39 is 27.2 Å². The molecule has 6 heteroatoms. The highest BCUT2D eigenvalue weighted by Gasteiger charge is 2.12. The lowest BCUT2D eigenvalue weighted by atomic mass is 10.1. The first-order valence-electron chi connectivity index (χ1n) is 5.27. The molecule has 1 N–H and O–H groups in total. The molecule has 0 spiro atoms. The molecule has 0 saturated carbocycles. The summed E-state index contributed by atoms with van der Waals surface area (Å²) in [5.41, 5.74) is 0.665. The van der Waals surface area contributed by atoms with E-state index in [1.165, 1.54) is 24.3 Å². The molecule has 19 heavy (non-hydrogen) atoms. The van der Waals surface area contributed by atoms with Crippen molar-refractivity contribution in [3.63, 3.8) is 0 Å². The molecule has 0 saturated heterocycles. The van der Waals surface area contributed by atoms with Crippen molar-refractivity contribution in [2.45, 2.75) is 4.90 Å². The molecular weight excluding hydrogens is 274 g/mol. The third kappa shape index (κ3) is 2.73. The van der Waals surface area contributed by atoms with Crippen LogP contribution in [-0.2, 0) is 9.84 Å². The number of halogens is 2. The summed E-state index contributed by atoms with van der Waals surface area (Å²) in [7, 11) is -3.31. The quantitative estimate of drug-likeness (QED) is 0.922. The van der Waals surface area contributed by atoms with Gasteiger partial charge in [-0.1, -0.05) is 12.1 Å². The average Bonchev–Trinajstić information content (AvgIpc) is 2.34. The van der Waals surface area contributed by atoms with Crippen LogP contribution in [0.5, 0.6) is 5.75 Å². The van der Waals surface area contributed by atoms with Crippen molar-refractivity contribution in [1.29, 1.82) is 0 Å². The topological polar surface area (TPSA) is 54.4 Å². The van der Waals surface area contributed by atoms with Crippen LogP contribution < -0.4 is 0 Å². The molecule has 0 fully saturated rings. The molecular formula is C13H10F2O3S. The molecule has 2 aromatic rings. The van der Waals surface area contributed by atoms with Gasteiger partial charge in [0.05, 0.1) is 4.90 Å². The van der Waals surface area contributed by atoms with Gasteiger partial charge in [-0.25, -0.2) is 17.2 Å². The first-order valence-corrected chi connectivity index (χ1v) is 7.16. The Hall–Kier alpha value is -1.95. The van der Waals surface area contributed by atoms with Gasteiger partial charge in [-0.3, -0.25) is 0 Å². The molecule has 0 aliphatic rings. The fourth-order valence-corrected chi connectivity index (χ4v) is 2.26. The van der Waals surface area contributed by atoms with Gasteiger partial charge >= 0.3 is 0 Å². The third-order valence-electron chi connectivity index (χ3n) is 2.63. The van der Waals surface area contributed by atoms with Crippen molar-refractivity contribution in [3.8, 4) is 16.9 Å². The lowest BCUT2D eigenvalue weighted by molar-refractivity contribution is 0.396. The zero-order valence-corrected chi connectivity index (χ0v) is 10.7. The van der Waals surface area contributed by atoms with Gasteiger partial charge < -0.3 is 5.11 Å². The summed E-state index contributed by atoms with van der Waals surface area (Å²) in [4.78, 5) is 0.121. The first kappa shape index (κ1) is 13.5. The van der Waals surface area contributed by atoms with E-state index >= 15 is 0 Å². The monoisotopic (exact) mass is 284 g/mol. The van der Waals surface area contributed by atoms with Crippen LogP contribution in [0.15, 0.2) is 41.3 Å². The minimum absolute atomic E-state index is 0.121. The summed E-state index contributed by atoms with van der Waals surface area (Å²) >= 11 is 0. The largest absolute Gasteiger partial charge is 0.503 e. The van der Waals surface area contributed by atoms with Crippen LogP contribution in [0.25, 0.3) is 11.1 Å². The molecule has 0 aromatic heterocycles. The molecule has 2 rings (SSSR count). The maximum absolute atomic E-state index is 13.2. The predicted molar refractivity (Wildman–Crippen MR) is 66.6 cm³/mol. The van der Waals surface area contributed by atoms with Crippen LogP contribution in [0.1, 0.15) is 0 Å². The van der Waals surface area contributed by atoms with Crippen LogP contribution in [0.2, 0.25) is 0 Å². The van der Waals surface area contributed by atoms with Crippen LogP contribution in [0.4, 0.5) is 8.78 Å². The highest BCUT2D eigenvalue weighted by Crippen LogP contribution is 2.28. The van der Waals surface area contributed by atoms with E-state index in [-0.39, 0.29) is 10.5 Å². The van der Waals surface area contributed by atoms with Gasteiger partial charge in [0.2, 0.25) is 0 Å². The molecule has 0 heterocycles. The van der Waals surface area contributed by atoms with Crippen molar-refractivity contribution >= 4 is 9.84 Å². The molecule has 100 valence electrons. The number of hydrogen-bond donors (Lipinski definition) is 1. The van der Waals surface area contributed by atoms with Crippen LogP contribution in [0.3, 0.4) is 0 Å². The van der Waals surface area contributed by atoms with Crippen molar-refractivity contribution in [3.05, 3.63) is 48.0 Å². The van der Waals surface area contributed by atoms with Gasteiger partial charge in [0.1, 0.15) is 0 Å². The van der Waals surface area contributed by atoms with E-state index in [1.807, 2.05) is 0 Å². The van der Waals surface area contributed by atoms with E-state index in [1.54, 1.807) is 0 Å². The van der Waals surface area contributed by atoms with Gasteiger partial charge in [-0.2, -0.15) is 0 Å². The van der Waals surface area contributed by atoms with Gasteiger partial charge in [0, 0.05) is 6.26 Å². The van der Waals surface area contributed by atoms with E-state index in [9.17, 15) is 17.2 Å². The Labute approximate surface area is 109 Å². The molecule has 0 bridgehead atoms. The minimum atomic E-state index is -3.31. The fraction of sp³-hybridized carbons (Fsp3) is 0.0769. The summed E-state index contributed by atoms with van der Waals surface area (Å²) < 4.78 is 49.0. The summed E-state index contributed by atoms with van der Waals surface area (Å²) in [6.45, 7) is 0. The Balaban J connectivity index is 2.49. The van der Waals surface area contributed by atoms with Crippen molar-refractivity contribution in [2.75, 3.05) is 6.26 Å². The van der Waals surface area contributed by atoms with Gasteiger partial charge in [0.15, 0.2) is 27.2 Å². The second-order valence-electron chi connectivity index (χ2n) is 4.09. The van der Waals surface area contributed by atoms with E-state index in [2.05, 4.69) is 0 Å². The van der Waals surface area contributed by atoms with Gasteiger partial charge in [-0.15, -0.1) is 0 Å². The maximum atomic E-state index is 13.2. The fourth-order valence-electron chi connectivity index (χ4n) is 1.63. The molecule has 0 atom stereocenters. The Morgan fingerprint density at radius 2 is 1.42 bits per heavy atom. The number of phenolic OH excluding ortho intramolecular Hbond substituents is 1. The normalized spacial score (nSPS) is 11.5. The Kier molecular flexibility index (Phi) is 3.28. The van der Waals surface area contributed by atoms with Gasteiger partial charge in [0.25, 0.3) is 0 Å². The van der Waals surface area contributed by atoms with Crippen LogP contribution in [-0.4, -0.2) is 19.8 Å². The summed E-state index contributed by atoms with van der Waals surface area (Å²) in [5.74, 6) is -3.17. The predicted octanol–water partition coefficient (Wildman–Crippen LogP) is 2.74. The smallest absolute Gasteiger partial charge is 0.187 e. The highest BCUT2D eigenvalue weighted by atomic mass is 32.2. The van der Waals surface area contributed by atoms with Crippen LogP contribution >= 0.6 is 0 Å². The summed E-state index contributed by atoms with van der Waals surface area (Å²) in [6, 6.07) is 7.56. The zero-order chi connectivity index (χ0) is 14.2.